The van der Waals surface area contributed by atoms with E-state index in [-0.39, 0.29) is 5.91 Å². The maximum atomic E-state index is 12.2. The molecule has 0 fully saturated rings. The molecule has 0 spiro atoms. The second kappa shape index (κ2) is 6.73. The van der Waals surface area contributed by atoms with Crippen molar-refractivity contribution < 1.29 is 4.79 Å². The van der Waals surface area contributed by atoms with Crippen LogP contribution >= 0.6 is 0 Å². The Kier molecular flexibility index (Phi) is 4.12. The molecule has 0 saturated heterocycles. The number of fused-ring (bicyclic) bond motifs is 2. The van der Waals surface area contributed by atoms with Crippen LogP contribution in [0.5, 0.6) is 0 Å². The van der Waals surface area contributed by atoms with Crippen molar-refractivity contribution in [1.82, 2.24) is 20.3 Å². The highest BCUT2D eigenvalue weighted by Gasteiger charge is 2.08. The highest BCUT2D eigenvalue weighted by Crippen LogP contribution is 2.12. The lowest BCUT2D eigenvalue weighted by molar-refractivity contribution is 0.0948. The Morgan fingerprint density at radius 2 is 1.72 bits per heavy atom. The first-order valence-corrected chi connectivity index (χ1v) is 8.37. The molecule has 5 heteroatoms. The quantitative estimate of drug-likeness (QED) is 0.550. The first kappa shape index (κ1) is 15.3. The van der Waals surface area contributed by atoms with E-state index in [4.69, 9.17) is 0 Å². The lowest BCUT2D eigenvalue weighted by Crippen LogP contribution is -2.25. The zero-order valence-corrected chi connectivity index (χ0v) is 13.7. The fourth-order valence-corrected chi connectivity index (χ4v) is 2.86. The van der Waals surface area contributed by atoms with Crippen molar-refractivity contribution in [3.63, 3.8) is 0 Å². The van der Waals surface area contributed by atoms with E-state index in [1.54, 1.807) is 6.07 Å². The summed E-state index contributed by atoms with van der Waals surface area (Å²) in [5.74, 6) is 0.801. The van der Waals surface area contributed by atoms with Gasteiger partial charge in [0.2, 0.25) is 0 Å². The van der Waals surface area contributed by atoms with E-state index in [1.807, 2.05) is 54.6 Å². The Balaban J connectivity index is 1.33. The van der Waals surface area contributed by atoms with Gasteiger partial charge in [-0.25, -0.2) is 9.97 Å². The van der Waals surface area contributed by atoms with Crippen LogP contribution < -0.4 is 5.32 Å². The van der Waals surface area contributed by atoms with E-state index in [2.05, 4.69) is 20.3 Å². The van der Waals surface area contributed by atoms with Gasteiger partial charge in [0.25, 0.3) is 5.91 Å². The summed E-state index contributed by atoms with van der Waals surface area (Å²) >= 11 is 0. The SMILES string of the molecule is O=C(NCCCc1nc2ccccc2[nH]1)c1ccc2ccccc2n1. The third kappa shape index (κ3) is 3.35. The zero-order valence-electron chi connectivity index (χ0n) is 13.7. The number of amides is 1. The van der Waals surface area contributed by atoms with Gasteiger partial charge >= 0.3 is 0 Å². The van der Waals surface area contributed by atoms with E-state index in [9.17, 15) is 4.79 Å². The molecule has 4 aromatic rings. The predicted octanol–water partition coefficient (Wildman–Crippen LogP) is 3.47. The first-order valence-electron chi connectivity index (χ1n) is 8.37. The summed E-state index contributed by atoms with van der Waals surface area (Å²) in [6.45, 7) is 0.588. The number of nitrogens with one attached hydrogen (secondary N) is 2. The van der Waals surface area contributed by atoms with Crippen LogP contribution in [0, 0.1) is 0 Å². The molecule has 0 aliphatic heterocycles. The van der Waals surface area contributed by atoms with Crippen LogP contribution in [0.15, 0.2) is 60.7 Å². The van der Waals surface area contributed by atoms with Crippen LogP contribution in [0.3, 0.4) is 0 Å². The van der Waals surface area contributed by atoms with Gasteiger partial charge in [-0.2, -0.15) is 0 Å². The van der Waals surface area contributed by atoms with Crippen molar-refractivity contribution in [2.45, 2.75) is 12.8 Å². The lowest BCUT2D eigenvalue weighted by Gasteiger charge is -2.05. The van der Waals surface area contributed by atoms with Crippen LogP contribution in [0.25, 0.3) is 21.9 Å². The van der Waals surface area contributed by atoms with Crippen molar-refractivity contribution in [1.29, 1.82) is 0 Å². The minimum Gasteiger partial charge on any atom is -0.351 e. The highest BCUT2D eigenvalue weighted by atomic mass is 16.1. The second-order valence-electron chi connectivity index (χ2n) is 5.95. The molecule has 5 nitrogen and oxygen atoms in total. The number of rotatable bonds is 5. The number of para-hydroxylation sites is 3. The molecule has 2 aromatic heterocycles. The van der Waals surface area contributed by atoms with E-state index in [1.165, 1.54) is 0 Å². The number of nitrogens with zero attached hydrogens (tertiary/aromatic N) is 2. The largest absolute Gasteiger partial charge is 0.351 e. The zero-order chi connectivity index (χ0) is 17.1. The van der Waals surface area contributed by atoms with Gasteiger partial charge in [-0.1, -0.05) is 36.4 Å². The number of H-pyrrole nitrogens is 1. The summed E-state index contributed by atoms with van der Waals surface area (Å²) in [5, 5.41) is 3.96. The fraction of sp³-hybridized carbons (Fsp3) is 0.150. The summed E-state index contributed by atoms with van der Waals surface area (Å²) in [6.07, 6.45) is 1.61. The molecule has 2 aromatic carbocycles. The molecule has 0 radical (unpaired) electrons. The number of imidazole rings is 1. The van der Waals surface area contributed by atoms with Crippen molar-refractivity contribution in [3.05, 3.63) is 72.2 Å². The minimum atomic E-state index is -0.143. The van der Waals surface area contributed by atoms with Crippen molar-refractivity contribution >= 4 is 27.8 Å². The lowest BCUT2D eigenvalue weighted by atomic mass is 10.2. The minimum absolute atomic E-state index is 0.143. The third-order valence-corrected chi connectivity index (χ3v) is 4.15. The van der Waals surface area contributed by atoms with Crippen LogP contribution in [-0.2, 0) is 6.42 Å². The molecule has 4 rings (SSSR count). The van der Waals surface area contributed by atoms with Crippen molar-refractivity contribution in [3.8, 4) is 0 Å². The summed E-state index contributed by atoms with van der Waals surface area (Å²) in [4.78, 5) is 24.5. The van der Waals surface area contributed by atoms with Crippen molar-refractivity contribution in [2.75, 3.05) is 6.54 Å². The number of aromatic nitrogens is 3. The average Bonchev–Trinajstić information content (AvgIpc) is 3.07. The molecule has 0 aliphatic rings. The Morgan fingerprint density at radius 1 is 0.920 bits per heavy atom. The molecule has 0 saturated carbocycles. The van der Waals surface area contributed by atoms with Gasteiger partial charge in [0.15, 0.2) is 0 Å². The molecule has 25 heavy (non-hydrogen) atoms. The molecule has 0 unspecified atom stereocenters. The van der Waals surface area contributed by atoms with E-state index in [0.717, 1.165) is 40.6 Å². The Morgan fingerprint density at radius 3 is 2.60 bits per heavy atom. The van der Waals surface area contributed by atoms with Gasteiger partial charge < -0.3 is 10.3 Å². The molecule has 124 valence electrons. The first-order chi connectivity index (χ1) is 12.3. The number of benzene rings is 2. The highest BCUT2D eigenvalue weighted by molar-refractivity contribution is 5.94. The molecule has 0 aliphatic carbocycles. The molecule has 2 N–H and O–H groups in total. The van der Waals surface area contributed by atoms with Crippen LogP contribution in [-0.4, -0.2) is 27.4 Å². The topological polar surface area (TPSA) is 70.7 Å². The maximum absolute atomic E-state index is 12.2. The summed E-state index contributed by atoms with van der Waals surface area (Å²) in [5.41, 5.74) is 3.30. The van der Waals surface area contributed by atoms with Crippen LogP contribution in [0.4, 0.5) is 0 Å². The van der Waals surface area contributed by atoms with Crippen LogP contribution in [0.1, 0.15) is 22.7 Å². The van der Waals surface area contributed by atoms with Gasteiger partial charge in [0.05, 0.1) is 16.6 Å². The van der Waals surface area contributed by atoms with E-state index >= 15 is 0 Å². The molecular formula is C20H18N4O. The van der Waals surface area contributed by atoms with Gasteiger partial charge in [0.1, 0.15) is 11.5 Å². The Bertz CT molecular complexity index is 1000. The molecule has 0 atom stereocenters. The average molecular weight is 330 g/mol. The van der Waals surface area contributed by atoms with Gasteiger partial charge in [-0.3, -0.25) is 4.79 Å². The number of aromatic amines is 1. The fourth-order valence-electron chi connectivity index (χ4n) is 2.86. The number of pyridine rings is 1. The third-order valence-electron chi connectivity index (χ3n) is 4.15. The van der Waals surface area contributed by atoms with Crippen LogP contribution in [0.2, 0.25) is 0 Å². The molecular weight excluding hydrogens is 312 g/mol. The van der Waals surface area contributed by atoms with E-state index < -0.39 is 0 Å². The molecule has 0 bridgehead atoms. The smallest absolute Gasteiger partial charge is 0.269 e. The van der Waals surface area contributed by atoms with Crippen molar-refractivity contribution in [2.24, 2.45) is 0 Å². The normalized spacial score (nSPS) is 11.0. The van der Waals surface area contributed by atoms with Gasteiger partial charge in [-0.15, -0.1) is 0 Å². The number of hydrogen-bond donors (Lipinski definition) is 2. The molecule has 1 amide bonds. The number of aryl methyl sites for hydroxylation is 1. The second-order valence-corrected chi connectivity index (χ2v) is 5.95. The number of carbonyl (C=O) groups is 1. The Hall–Kier alpha value is -3.21. The number of carbonyl (C=O) groups excluding carboxylic acids is 1. The predicted molar refractivity (Wildman–Crippen MR) is 98.5 cm³/mol. The standard InChI is InChI=1S/C20H18N4O/c25-20(18-12-11-14-6-1-2-7-15(14)22-18)21-13-5-10-19-23-16-8-3-4-9-17(16)24-19/h1-4,6-9,11-12H,5,10,13H2,(H,21,25)(H,23,24). The Labute approximate surface area is 145 Å². The monoisotopic (exact) mass is 330 g/mol. The van der Waals surface area contributed by atoms with Gasteiger partial charge in [0, 0.05) is 18.4 Å². The number of hydrogen-bond acceptors (Lipinski definition) is 3. The summed E-state index contributed by atoms with van der Waals surface area (Å²) in [7, 11) is 0. The summed E-state index contributed by atoms with van der Waals surface area (Å²) < 4.78 is 0. The summed E-state index contributed by atoms with van der Waals surface area (Å²) in [6, 6.07) is 19.4. The molecule has 2 heterocycles. The maximum Gasteiger partial charge on any atom is 0.269 e. The van der Waals surface area contributed by atoms with E-state index in [0.29, 0.717) is 12.2 Å². The van der Waals surface area contributed by atoms with Gasteiger partial charge in [-0.05, 0) is 30.7 Å².